The Kier molecular flexibility index (Phi) is 5.43. The van der Waals surface area contributed by atoms with Gasteiger partial charge in [-0.05, 0) is 31.9 Å². The van der Waals surface area contributed by atoms with Crippen molar-refractivity contribution in [3.63, 3.8) is 0 Å². The summed E-state index contributed by atoms with van der Waals surface area (Å²) in [5, 5.41) is 0. The van der Waals surface area contributed by atoms with Crippen molar-refractivity contribution in [3.8, 4) is 11.8 Å². The molecule has 84 valence electrons. The van der Waals surface area contributed by atoms with Crippen molar-refractivity contribution in [3.05, 3.63) is 41.0 Å². The summed E-state index contributed by atoms with van der Waals surface area (Å²) < 4.78 is 0. The molecule has 1 aromatic carbocycles. The molecule has 1 aromatic rings. The van der Waals surface area contributed by atoms with E-state index in [0.717, 1.165) is 12.0 Å². The summed E-state index contributed by atoms with van der Waals surface area (Å²) in [6, 6.07) is 8.32. The molecule has 0 N–H and O–H groups in total. The standard InChI is InChI=1S/C16H20/c1-4-5-6-7-10-15-11-8-9-12-16(15)13-14(2)3/h8-9,11-13H,4-6H2,1-3H3. The number of unbranched alkanes of at least 4 members (excludes halogenated alkanes) is 2. The normalized spacial score (nSPS) is 9.19. The molecule has 0 spiro atoms. The number of allylic oxidation sites excluding steroid dienone is 1. The predicted octanol–water partition coefficient (Wildman–Crippen LogP) is 4.65. The van der Waals surface area contributed by atoms with Crippen LogP contribution in [0, 0.1) is 11.8 Å². The van der Waals surface area contributed by atoms with Gasteiger partial charge in [-0.3, -0.25) is 0 Å². The van der Waals surface area contributed by atoms with Gasteiger partial charge in [0, 0.05) is 12.0 Å². The van der Waals surface area contributed by atoms with E-state index in [1.54, 1.807) is 0 Å². The lowest BCUT2D eigenvalue weighted by Gasteiger charge is -1.99. The number of benzene rings is 1. The Labute approximate surface area is 99.4 Å². The van der Waals surface area contributed by atoms with E-state index in [1.807, 2.05) is 6.07 Å². The first-order chi connectivity index (χ1) is 7.74. The zero-order valence-corrected chi connectivity index (χ0v) is 10.5. The molecule has 0 amide bonds. The number of rotatable bonds is 3. The van der Waals surface area contributed by atoms with Gasteiger partial charge in [0.05, 0.1) is 0 Å². The molecular formula is C16H20. The van der Waals surface area contributed by atoms with Crippen LogP contribution in [0.5, 0.6) is 0 Å². The van der Waals surface area contributed by atoms with E-state index in [1.165, 1.54) is 24.0 Å². The van der Waals surface area contributed by atoms with Crippen molar-refractivity contribution < 1.29 is 0 Å². The molecule has 0 aliphatic carbocycles. The maximum Gasteiger partial charge on any atom is 0.0317 e. The highest BCUT2D eigenvalue weighted by Crippen LogP contribution is 2.11. The third-order valence-corrected chi connectivity index (χ3v) is 2.28. The molecule has 16 heavy (non-hydrogen) atoms. The third-order valence-electron chi connectivity index (χ3n) is 2.28. The van der Waals surface area contributed by atoms with Crippen molar-refractivity contribution in [1.29, 1.82) is 0 Å². The molecule has 0 aliphatic rings. The molecule has 0 nitrogen and oxygen atoms in total. The van der Waals surface area contributed by atoms with Gasteiger partial charge in [-0.15, -0.1) is 0 Å². The topological polar surface area (TPSA) is 0 Å². The smallest absolute Gasteiger partial charge is 0.0317 e. The van der Waals surface area contributed by atoms with Crippen LogP contribution in [0.3, 0.4) is 0 Å². The van der Waals surface area contributed by atoms with Crippen molar-refractivity contribution in [2.24, 2.45) is 0 Å². The van der Waals surface area contributed by atoms with E-state index in [2.05, 4.69) is 56.9 Å². The largest absolute Gasteiger partial charge is 0.0979 e. The number of hydrogen-bond acceptors (Lipinski definition) is 0. The van der Waals surface area contributed by atoms with Gasteiger partial charge in [0.25, 0.3) is 0 Å². The van der Waals surface area contributed by atoms with Gasteiger partial charge in [0.1, 0.15) is 0 Å². The second-order valence-corrected chi connectivity index (χ2v) is 4.21. The molecule has 0 aromatic heterocycles. The molecular weight excluding hydrogens is 192 g/mol. The average Bonchev–Trinajstić information content (AvgIpc) is 2.26. The summed E-state index contributed by atoms with van der Waals surface area (Å²) in [7, 11) is 0. The Morgan fingerprint density at radius 2 is 2.00 bits per heavy atom. The summed E-state index contributed by atoms with van der Waals surface area (Å²) >= 11 is 0. The lowest BCUT2D eigenvalue weighted by atomic mass is 10.1. The Hall–Kier alpha value is -1.48. The van der Waals surface area contributed by atoms with Crippen LogP contribution >= 0.6 is 0 Å². The molecule has 0 aliphatic heterocycles. The number of hydrogen-bond donors (Lipinski definition) is 0. The van der Waals surface area contributed by atoms with E-state index >= 15 is 0 Å². The Balaban J connectivity index is 2.85. The molecule has 0 heteroatoms. The Morgan fingerprint density at radius 3 is 2.69 bits per heavy atom. The highest BCUT2D eigenvalue weighted by molar-refractivity contribution is 5.60. The average molecular weight is 212 g/mol. The second kappa shape index (κ2) is 6.90. The first-order valence-corrected chi connectivity index (χ1v) is 5.97. The molecule has 1 rings (SSSR count). The van der Waals surface area contributed by atoms with Crippen LogP contribution < -0.4 is 0 Å². The van der Waals surface area contributed by atoms with Gasteiger partial charge in [-0.25, -0.2) is 0 Å². The molecule has 0 radical (unpaired) electrons. The first kappa shape index (κ1) is 12.6. The highest BCUT2D eigenvalue weighted by atomic mass is 14.0. The Morgan fingerprint density at radius 1 is 1.25 bits per heavy atom. The highest BCUT2D eigenvalue weighted by Gasteiger charge is 1.94. The van der Waals surface area contributed by atoms with Crippen LogP contribution in [-0.4, -0.2) is 0 Å². The van der Waals surface area contributed by atoms with Gasteiger partial charge >= 0.3 is 0 Å². The van der Waals surface area contributed by atoms with E-state index in [-0.39, 0.29) is 0 Å². The lowest BCUT2D eigenvalue weighted by Crippen LogP contribution is -1.82. The zero-order valence-electron chi connectivity index (χ0n) is 10.5. The zero-order chi connectivity index (χ0) is 11.8. The van der Waals surface area contributed by atoms with Crippen LogP contribution in [0.25, 0.3) is 6.08 Å². The van der Waals surface area contributed by atoms with E-state index in [9.17, 15) is 0 Å². The van der Waals surface area contributed by atoms with Crippen LogP contribution in [0.4, 0.5) is 0 Å². The molecule has 0 unspecified atom stereocenters. The van der Waals surface area contributed by atoms with Gasteiger partial charge in [-0.2, -0.15) is 0 Å². The molecule has 0 bridgehead atoms. The molecule has 0 heterocycles. The summed E-state index contributed by atoms with van der Waals surface area (Å²) in [5.41, 5.74) is 3.68. The summed E-state index contributed by atoms with van der Waals surface area (Å²) in [6.45, 7) is 6.42. The fourth-order valence-electron chi connectivity index (χ4n) is 1.47. The van der Waals surface area contributed by atoms with Crippen LogP contribution in [-0.2, 0) is 0 Å². The monoisotopic (exact) mass is 212 g/mol. The minimum atomic E-state index is 1.000. The minimum Gasteiger partial charge on any atom is -0.0979 e. The van der Waals surface area contributed by atoms with Crippen LogP contribution in [0.2, 0.25) is 0 Å². The molecule has 0 fully saturated rings. The second-order valence-electron chi connectivity index (χ2n) is 4.21. The fraction of sp³-hybridized carbons (Fsp3) is 0.375. The van der Waals surface area contributed by atoms with Crippen molar-refractivity contribution in [2.45, 2.75) is 40.0 Å². The van der Waals surface area contributed by atoms with Gasteiger partial charge in [0.2, 0.25) is 0 Å². The fourth-order valence-corrected chi connectivity index (χ4v) is 1.47. The van der Waals surface area contributed by atoms with Crippen LogP contribution in [0.1, 0.15) is 51.2 Å². The van der Waals surface area contributed by atoms with Crippen molar-refractivity contribution in [1.82, 2.24) is 0 Å². The van der Waals surface area contributed by atoms with Gasteiger partial charge in [-0.1, -0.05) is 55.0 Å². The molecule has 0 atom stereocenters. The first-order valence-electron chi connectivity index (χ1n) is 5.97. The molecule has 0 saturated carbocycles. The SMILES string of the molecule is CCCCC#Cc1ccccc1C=C(C)C. The maximum atomic E-state index is 3.26. The Bertz CT molecular complexity index is 409. The summed E-state index contributed by atoms with van der Waals surface area (Å²) in [5.74, 6) is 6.50. The van der Waals surface area contributed by atoms with Crippen LogP contribution in [0.15, 0.2) is 29.8 Å². The quantitative estimate of drug-likeness (QED) is 0.505. The van der Waals surface area contributed by atoms with E-state index < -0.39 is 0 Å². The van der Waals surface area contributed by atoms with E-state index in [4.69, 9.17) is 0 Å². The third kappa shape index (κ3) is 4.36. The van der Waals surface area contributed by atoms with Crippen molar-refractivity contribution >= 4 is 6.08 Å². The summed E-state index contributed by atoms with van der Waals surface area (Å²) in [4.78, 5) is 0. The van der Waals surface area contributed by atoms with Gasteiger partial charge < -0.3 is 0 Å². The van der Waals surface area contributed by atoms with Gasteiger partial charge in [0.15, 0.2) is 0 Å². The maximum absolute atomic E-state index is 3.26. The predicted molar refractivity (Wildman–Crippen MR) is 72.2 cm³/mol. The minimum absolute atomic E-state index is 1.000. The molecule has 0 saturated heterocycles. The lowest BCUT2D eigenvalue weighted by molar-refractivity contribution is 0.828. The summed E-state index contributed by atoms with van der Waals surface area (Å²) in [6.07, 6.45) is 5.59. The van der Waals surface area contributed by atoms with Crippen molar-refractivity contribution in [2.75, 3.05) is 0 Å². The van der Waals surface area contributed by atoms with E-state index in [0.29, 0.717) is 0 Å².